The Balaban J connectivity index is 2.18. The highest BCUT2D eigenvalue weighted by Crippen LogP contribution is 2.28. The molecule has 2 aromatic carbocycles. The number of aromatic amines is 1. The van der Waals surface area contributed by atoms with Gasteiger partial charge in [0, 0.05) is 28.2 Å². The molecule has 0 unspecified atom stereocenters. The molecule has 3 aromatic rings. The number of aromatic nitrogens is 1. The molecule has 1 N–H and O–H groups in total. The lowest BCUT2D eigenvalue weighted by Crippen LogP contribution is -2.11. The summed E-state index contributed by atoms with van der Waals surface area (Å²) in [5.41, 5.74) is 6.62. The molecule has 0 amide bonds. The maximum Gasteiger partial charge on any atom is 0.190 e. The van der Waals surface area contributed by atoms with Crippen LogP contribution < -0.4 is 5.43 Å². The molecule has 0 spiro atoms. The van der Waals surface area contributed by atoms with E-state index in [1.807, 2.05) is 25.1 Å². The summed E-state index contributed by atoms with van der Waals surface area (Å²) in [5.74, 6) is 0. The number of hydrogen-bond acceptors (Lipinski definition) is 1. The number of aryl methyl sites for hydroxylation is 2. The summed E-state index contributed by atoms with van der Waals surface area (Å²) in [4.78, 5) is 15.9. The molecule has 2 nitrogen and oxygen atoms in total. The number of pyridine rings is 1. The van der Waals surface area contributed by atoms with Crippen molar-refractivity contribution < 1.29 is 0 Å². The van der Waals surface area contributed by atoms with Gasteiger partial charge in [-0.05, 0) is 42.5 Å². The summed E-state index contributed by atoms with van der Waals surface area (Å²) in [6.45, 7) is 10.7. The number of rotatable bonds is 1. The normalized spacial score (nSPS) is 11.9. The van der Waals surface area contributed by atoms with Gasteiger partial charge in [0.25, 0.3) is 0 Å². The Labute approximate surface area is 137 Å². The fourth-order valence-electron chi connectivity index (χ4n) is 2.94. The predicted molar refractivity (Wildman–Crippen MR) is 98.2 cm³/mol. The van der Waals surface area contributed by atoms with E-state index in [1.165, 1.54) is 11.1 Å². The molecule has 0 saturated carbocycles. The van der Waals surface area contributed by atoms with Crippen LogP contribution in [0.2, 0.25) is 0 Å². The average molecular weight is 305 g/mol. The Hall–Kier alpha value is -2.35. The molecule has 0 radical (unpaired) electrons. The van der Waals surface area contributed by atoms with Crippen LogP contribution in [-0.4, -0.2) is 4.98 Å². The number of H-pyrrole nitrogens is 1. The van der Waals surface area contributed by atoms with Crippen molar-refractivity contribution in [2.75, 3.05) is 0 Å². The molecule has 1 aromatic heterocycles. The minimum absolute atomic E-state index is 0.0664. The highest BCUT2D eigenvalue weighted by molar-refractivity contribution is 5.82. The summed E-state index contributed by atoms with van der Waals surface area (Å²) in [7, 11) is 0. The Kier molecular flexibility index (Phi) is 3.63. The maximum atomic E-state index is 12.4. The van der Waals surface area contributed by atoms with Gasteiger partial charge in [0.2, 0.25) is 0 Å². The van der Waals surface area contributed by atoms with Crippen LogP contribution in [0.25, 0.3) is 22.2 Å². The van der Waals surface area contributed by atoms with Crippen LogP contribution in [0.5, 0.6) is 0 Å². The Morgan fingerprint density at radius 3 is 2.30 bits per heavy atom. The highest BCUT2D eigenvalue weighted by Gasteiger charge is 2.15. The van der Waals surface area contributed by atoms with Crippen LogP contribution in [0.4, 0.5) is 0 Å². The third-order valence-electron chi connectivity index (χ3n) is 4.37. The van der Waals surface area contributed by atoms with Gasteiger partial charge in [-0.2, -0.15) is 0 Å². The van der Waals surface area contributed by atoms with Gasteiger partial charge in [-0.25, -0.2) is 0 Å². The molecule has 0 aliphatic rings. The van der Waals surface area contributed by atoms with Gasteiger partial charge in [-0.1, -0.05) is 50.6 Å². The lowest BCUT2D eigenvalue weighted by Gasteiger charge is -2.20. The molecule has 23 heavy (non-hydrogen) atoms. The lowest BCUT2D eigenvalue weighted by molar-refractivity contribution is 0.590. The van der Waals surface area contributed by atoms with Gasteiger partial charge in [-0.15, -0.1) is 0 Å². The summed E-state index contributed by atoms with van der Waals surface area (Å²) in [6.07, 6.45) is 0. The molecule has 3 rings (SSSR count). The molecule has 0 atom stereocenters. The number of fused-ring (bicyclic) bond motifs is 1. The first-order chi connectivity index (χ1) is 10.8. The van der Waals surface area contributed by atoms with E-state index in [-0.39, 0.29) is 10.8 Å². The SMILES string of the molecule is Cc1ccc2[nH]c(-c3ccc(C(C)(C)C)cc3C)cc(=O)c2c1. The van der Waals surface area contributed by atoms with E-state index in [1.54, 1.807) is 6.07 Å². The second kappa shape index (κ2) is 5.38. The lowest BCUT2D eigenvalue weighted by atomic mass is 9.85. The topological polar surface area (TPSA) is 32.9 Å². The second-order valence-corrected chi connectivity index (χ2v) is 7.38. The van der Waals surface area contributed by atoms with Gasteiger partial charge >= 0.3 is 0 Å². The van der Waals surface area contributed by atoms with Crippen LogP contribution in [0.3, 0.4) is 0 Å². The number of hydrogen-bond donors (Lipinski definition) is 1. The third kappa shape index (κ3) is 2.94. The van der Waals surface area contributed by atoms with Crippen LogP contribution in [0, 0.1) is 13.8 Å². The van der Waals surface area contributed by atoms with E-state index in [0.29, 0.717) is 0 Å². The number of benzene rings is 2. The highest BCUT2D eigenvalue weighted by atomic mass is 16.1. The molecule has 0 saturated heterocycles. The first kappa shape index (κ1) is 15.5. The summed E-state index contributed by atoms with van der Waals surface area (Å²) >= 11 is 0. The zero-order valence-corrected chi connectivity index (χ0v) is 14.4. The van der Waals surface area contributed by atoms with Gasteiger partial charge in [0.15, 0.2) is 5.43 Å². The van der Waals surface area contributed by atoms with E-state index in [4.69, 9.17) is 0 Å². The number of nitrogens with one attached hydrogen (secondary N) is 1. The fourth-order valence-corrected chi connectivity index (χ4v) is 2.94. The van der Waals surface area contributed by atoms with Gasteiger partial charge in [0.05, 0.1) is 0 Å². The van der Waals surface area contributed by atoms with Crippen molar-refractivity contribution in [3.63, 3.8) is 0 Å². The van der Waals surface area contributed by atoms with Crippen LogP contribution >= 0.6 is 0 Å². The zero-order valence-electron chi connectivity index (χ0n) is 14.4. The average Bonchev–Trinajstić information content (AvgIpc) is 2.47. The smallest absolute Gasteiger partial charge is 0.190 e. The minimum Gasteiger partial charge on any atom is -0.354 e. The second-order valence-electron chi connectivity index (χ2n) is 7.38. The molecule has 0 aliphatic heterocycles. The molecular formula is C21H23NO. The standard InChI is InChI=1S/C21H23NO/c1-13-6-9-18-17(10-13)20(23)12-19(22-18)16-8-7-15(11-14(16)2)21(3,4)5/h6-12H,1-5H3,(H,22,23). The maximum absolute atomic E-state index is 12.4. The molecule has 118 valence electrons. The summed E-state index contributed by atoms with van der Waals surface area (Å²) < 4.78 is 0. The van der Waals surface area contributed by atoms with Gasteiger partial charge < -0.3 is 4.98 Å². The van der Waals surface area contributed by atoms with E-state index in [2.05, 4.69) is 50.9 Å². The van der Waals surface area contributed by atoms with E-state index >= 15 is 0 Å². The van der Waals surface area contributed by atoms with Crippen molar-refractivity contribution in [2.24, 2.45) is 0 Å². The van der Waals surface area contributed by atoms with Crippen molar-refractivity contribution in [3.05, 3.63) is 69.4 Å². The Morgan fingerprint density at radius 2 is 1.65 bits per heavy atom. The van der Waals surface area contributed by atoms with Crippen molar-refractivity contribution >= 4 is 10.9 Å². The van der Waals surface area contributed by atoms with Crippen LogP contribution in [0.1, 0.15) is 37.5 Å². The van der Waals surface area contributed by atoms with E-state index < -0.39 is 0 Å². The summed E-state index contributed by atoms with van der Waals surface area (Å²) in [5, 5.41) is 0.748. The fraction of sp³-hybridized carbons (Fsp3) is 0.286. The minimum atomic E-state index is 0.0664. The third-order valence-corrected chi connectivity index (χ3v) is 4.37. The van der Waals surface area contributed by atoms with E-state index in [0.717, 1.165) is 27.7 Å². The van der Waals surface area contributed by atoms with E-state index in [9.17, 15) is 4.79 Å². The van der Waals surface area contributed by atoms with Crippen molar-refractivity contribution in [1.29, 1.82) is 0 Å². The molecular weight excluding hydrogens is 282 g/mol. The first-order valence-corrected chi connectivity index (χ1v) is 8.01. The molecule has 0 bridgehead atoms. The zero-order chi connectivity index (χ0) is 16.8. The molecule has 1 heterocycles. The van der Waals surface area contributed by atoms with Gasteiger partial charge in [0.1, 0.15) is 0 Å². The quantitative estimate of drug-likeness (QED) is 0.666. The Morgan fingerprint density at radius 1 is 0.913 bits per heavy atom. The summed E-state index contributed by atoms with van der Waals surface area (Å²) in [6, 6.07) is 14.1. The van der Waals surface area contributed by atoms with Crippen LogP contribution in [-0.2, 0) is 5.41 Å². The predicted octanol–water partition coefficient (Wildman–Crippen LogP) is 5.11. The first-order valence-electron chi connectivity index (χ1n) is 8.01. The molecule has 2 heteroatoms. The van der Waals surface area contributed by atoms with Crippen LogP contribution in [0.15, 0.2) is 47.3 Å². The van der Waals surface area contributed by atoms with Crippen molar-refractivity contribution in [3.8, 4) is 11.3 Å². The Bertz CT molecular complexity index is 942. The molecule has 0 aliphatic carbocycles. The van der Waals surface area contributed by atoms with Gasteiger partial charge in [-0.3, -0.25) is 4.79 Å². The monoisotopic (exact) mass is 305 g/mol. The largest absolute Gasteiger partial charge is 0.354 e. The molecule has 0 fully saturated rings. The van der Waals surface area contributed by atoms with Crippen molar-refractivity contribution in [1.82, 2.24) is 4.98 Å². The van der Waals surface area contributed by atoms with Crippen molar-refractivity contribution in [2.45, 2.75) is 40.0 Å².